The van der Waals surface area contributed by atoms with Crippen molar-refractivity contribution in [1.82, 2.24) is 10.0 Å². The first-order chi connectivity index (χ1) is 11.9. The Morgan fingerprint density at radius 3 is 2.56 bits per heavy atom. The Labute approximate surface area is 146 Å². The quantitative estimate of drug-likeness (QED) is 0.708. The minimum Gasteiger partial charge on any atom is -0.352 e. The SMILES string of the molecule is C=CCNS(=O)(=O)c1cccc(C(=O)NCCc2ccc(F)cc2)c1. The summed E-state index contributed by atoms with van der Waals surface area (Å²) in [6, 6.07) is 11.8. The zero-order valence-electron chi connectivity index (χ0n) is 13.5. The highest BCUT2D eigenvalue weighted by Gasteiger charge is 2.15. The Hall–Kier alpha value is -2.51. The molecule has 0 aliphatic carbocycles. The van der Waals surface area contributed by atoms with Gasteiger partial charge in [-0.15, -0.1) is 6.58 Å². The van der Waals surface area contributed by atoms with Crippen LogP contribution in [0.25, 0.3) is 0 Å². The molecule has 0 heterocycles. The van der Waals surface area contributed by atoms with Gasteiger partial charge in [0.2, 0.25) is 10.0 Å². The van der Waals surface area contributed by atoms with Crippen molar-refractivity contribution < 1.29 is 17.6 Å². The molecule has 0 radical (unpaired) electrons. The first kappa shape index (κ1) is 18.8. The summed E-state index contributed by atoms with van der Waals surface area (Å²) in [4.78, 5) is 12.2. The van der Waals surface area contributed by atoms with Crippen molar-refractivity contribution in [3.8, 4) is 0 Å². The fourth-order valence-electron chi connectivity index (χ4n) is 2.13. The van der Waals surface area contributed by atoms with Crippen molar-refractivity contribution in [2.75, 3.05) is 13.1 Å². The van der Waals surface area contributed by atoms with E-state index in [1.54, 1.807) is 18.2 Å². The molecule has 2 rings (SSSR count). The third-order valence-corrected chi connectivity index (χ3v) is 4.86. The molecule has 132 valence electrons. The normalized spacial score (nSPS) is 11.1. The summed E-state index contributed by atoms with van der Waals surface area (Å²) in [5, 5.41) is 2.72. The van der Waals surface area contributed by atoms with Gasteiger partial charge in [0.1, 0.15) is 5.82 Å². The van der Waals surface area contributed by atoms with Gasteiger partial charge in [-0.3, -0.25) is 4.79 Å². The lowest BCUT2D eigenvalue weighted by atomic mass is 10.1. The van der Waals surface area contributed by atoms with E-state index in [1.165, 1.54) is 36.4 Å². The number of carbonyl (C=O) groups is 1. The minimum atomic E-state index is -3.68. The molecule has 1 amide bonds. The Bertz CT molecular complexity index is 849. The molecule has 0 unspecified atom stereocenters. The second-order valence-corrected chi connectivity index (χ2v) is 7.07. The van der Waals surface area contributed by atoms with Gasteiger partial charge in [0.15, 0.2) is 0 Å². The Morgan fingerprint density at radius 1 is 1.16 bits per heavy atom. The maximum Gasteiger partial charge on any atom is 0.251 e. The number of hydrogen-bond donors (Lipinski definition) is 2. The molecule has 0 bridgehead atoms. The lowest BCUT2D eigenvalue weighted by molar-refractivity contribution is 0.0954. The highest BCUT2D eigenvalue weighted by atomic mass is 32.2. The Morgan fingerprint density at radius 2 is 1.88 bits per heavy atom. The molecule has 2 aromatic rings. The molecule has 0 aromatic heterocycles. The average molecular weight is 362 g/mol. The van der Waals surface area contributed by atoms with Crippen LogP contribution in [0, 0.1) is 5.82 Å². The molecule has 5 nitrogen and oxygen atoms in total. The van der Waals surface area contributed by atoms with Crippen molar-refractivity contribution in [3.05, 3.63) is 78.1 Å². The van der Waals surface area contributed by atoms with Crippen LogP contribution in [-0.2, 0) is 16.4 Å². The molecular formula is C18H19FN2O3S. The predicted octanol–water partition coefficient (Wildman–Crippen LogP) is 2.26. The van der Waals surface area contributed by atoms with Crippen molar-refractivity contribution >= 4 is 15.9 Å². The van der Waals surface area contributed by atoms with E-state index in [0.29, 0.717) is 13.0 Å². The third kappa shape index (κ3) is 5.51. The molecule has 0 saturated carbocycles. The fourth-order valence-corrected chi connectivity index (χ4v) is 3.17. The summed E-state index contributed by atoms with van der Waals surface area (Å²) >= 11 is 0. The summed E-state index contributed by atoms with van der Waals surface area (Å²) in [5.41, 5.74) is 1.15. The van der Waals surface area contributed by atoms with Crippen LogP contribution in [0.2, 0.25) is 0 Å². The van der Waals surface area contributed by atoms with Crippen molar-refractivity contribution in [3.63, 3.8) is 0 Å². The van der Waals surface area contributed by atoms with Crippen LogP contribution >= 0.6 is 0 Å². The highest BCUT2D eigenvalue weighted by molar-refractivity contribution is 7.89. The summed E-state index contributed by atoms with van der Waals surface area (Å²) in [6.07, 6.45) is 1.98. The Balaban J connectivity index is 1.98. The summed E-state index contributed by atoms with van der Waals surface area (Å²) in [6.45, 7) is 3.92. The van der Waals surface area contributed by atoms with Crippen LogP contribution in [-0.4, -0.2) is 27.4 Å². The van der Waals surface area contributed by atoms with Gasteiger partial charge in [-0.1, -0.05) is 24.3 Å². The van der Waals surface area contributed by atoms with Crippen LogP contribution in [0.5, 0.6) is 0 Å². The topological polar surface area (TPSA) is 75.3 Å². The monoisotopic (exact) mass is 362 g/mol. The standard InChI is InChI=1S/C18H19FN2O3S/c1-2-11-21-25(23,24)17-5-3-4-15(13-17)18(22)20-12-10-14-6-8-16(19)9-7-14/h2-9,13,21H,1,10-12H2,(H,20,22). The highest BCUT2D eigenvalue weighted by Crippen LogP contribution is 2.11. The van der Waals surface area contributed by atoms with E-state index in [1.807, 2.05) is 0 Å². The van der Waals surface area contributed by atoms with E-state index in [4.69, 9.17) is 0 Å². The summed E-state index contributed by atoms with van der Waals surface area (Å²) < 4.78 is 39.3. The second kappa shape index (κ2) is 8.55. The van der Waals surface area contributed by atoms with Crippen LogP contribution < -0.4 is 10.0 Å². The maximum absolute atomic E-state index is 12.8. The lowest BCUT2D eigenvalue weighted by Crippen LogP contribution is -2.27. The van der Waals surface area contributed by atoms with Gasteiger partial charge in [-0.05, 0) is 42.3 Å². The van der Waals surface area contributed by atoms with Gasteiger partial charge in [-0.2, -0.15) is 0 Å². The van der Waals surface area contributed by atoms with E-state index in [0.717, 1.165) is 5.56 Å². The van der Waals surface area contributed by atoms with Gasteiger partial charge in [0.05, 0.1) is 4.90 Å². The van der Waals surface area contributed by atoms with Gasteiger partial charge in [-0.25, -0.2) is 17.5 Å². The fraction of sp³-hybridized carbons (Fsp3) is 0.167. The first-order valence-electron chi connectivity index (χ1n) is 7.65. The molecule has 2 N–H and O–H groups in total. The van der Waals surface area contributed by atoms with Crippen LogP contribution in [0.3, 0.4) is 0 Å². The molecule has 0 spiro atoms. The number of amides is 1. The van der Waals surface area contributed by atoms with Gasteiger partial charge >= 0.3 is 0 Å². The van der Waals surface area contributed by atoms with Crippen LogP contribution in [0.1, 0.15) is 15.9 Å². The number of benzene rings is 2. The van der Waals surface area contributed by atoms with Crippen molar-refractivity contribution in [2.45, 2.75) is 11.3 Å². The molecule has 0 aliphatic rings. The molecule has 25 heavy (non-hydrogen) atoms. The van der Waals surface area contributed by atoms with E-state index in [9.17, 15) is 17.6 Å². The molecule has 0 aliphatic heterocycles. The molecule has 0 fully saturated rings. The van der Waals surface area contributed by atoms with Crippen molar-refractivity contribution in [1.29, 1.82) is 0 Å². The number of nitrogens with one attached hydrogen (secondary N) is 2. The number of sulfonamides is 1. The molecule has 2 aromatic carbocycles. The minimum absolute atomic E-state index is 0.0144. The van der Waals surface area contributed by atoms with E-state index < -0.39 is 10.0 Å². The van der Waals surface area contributed by atoms with Crippen LogP contribution in [0.15, 0.2) is 66.1 Å². The van der Waals surface area contributed by atoms with Crippen LogP contribution in [0.4, 0.5) is 4.39 Å². The number of hydrogen-bond acceptors (Lipinski definition) is 3. The molecule has 7 heteroatoms. The molecule has 0 saturated heterocycles. The average Bonchev–Trinajstić information content (AvgIpc) is 2.61. The second-order valence-electron chi connectivity index (χ2n) is 5.30. The summed E-state index contributed by atoms with van der Waals surface area (Å²) in [5.74, 6) is -0.682. The number of carbonyl (C=O) groups excluding carboxylic acids is 1. The molecule has 0 atom stereocenters. The van der Waals surface area contributed by atoms with E-state index in [2.05, 4.69) is 16.6 Å². The lowest BCUT2D eigenvalue weighted by Gasteiger charge is -2.08. The van der Waals surface area contributed by atoms with Crippen molar-refractivity contribution in [2.24, 2.45) is 0 Å². The smallest absolute Gasteiger partial charge is 0.251 e. The van der Waals surface area contributed by atoms with E-state index in [-0.39, 0.29) is 28.7 Å². The number of halogens is 1. The van der Waals surface area contributed by atoms with Gasteiger partial charge < -0.3 is 5.32 Å². The number of rotatable bonds is 8. The zero-order chi connectivity index (χ0) is 18.3. The Kier molecular flexibility index (Phi) is 6.44. The first-order valence-corrected chi connectivity index (χ1v) is 9.14. The maximum atomic E-state index is 12.8. The third-order valence-electron chi connectivity index (χ3n) is 3.44. The predicted molar refractivity (Wildman–Crippen MR) is 94.3 cm³/mol. The van der Waals surface area contributed by atoms with E-state index >= 15 is 0 Å². The van der Waals surface area contributed by atoms with Gasteiger partial charge in [0.25, 0.3) is 5.91 Å². The van der Waals surface area contributed by atoms with Gasteiger partial charge in [0, 0.05) is 18.7 Å². The summed E-state index contributed by atoms with van der Waals surface area (Å²) in [7, 11) is -3.68. The molecular weight excluding hydrogens is 343 g/mol. The zero-order valence-corrected chi connectivity index (χ0v) is 14.4. The largest absolute Gasteiger partial charge is 0.352 e.